The van der Waals surface area contributed by atoms with Crippen LogP contribution in [0, 0.1) is 0 Å². The number of amides is 4. The topological polar surface area (TPSA) is 87.3 Å². The van der Waals surface area contributed by atoms with E-state index in [1.807, 2.05) is 0 Å². The fraction of sp³-hybridized carbons (Fsp3) is 0. The maximum Gasteiger partial charge on any atom is 0.323 e. The van der Waals surface area contributed by atoms with Gasteiger partial charge in [0, 0.05) is 5.69 Å². The van der Waals surface area contributed by atoms with Gasteiger partial charge in [-0.05, 0) is 30.3 Å². The van der Waals surface area contributed by atoms with Crippen LogP contribution in [0.4, 0.5) is 16.2 Å². The average Bonchev–Trinajstić information content (AvgIpc) is 2.78. The number of carbonyl (C=O) groups is 3. The Balaban J connectivity index is 1.78. The van der Waals surface area contributed by atoms with Crippen molar-refractivity contribution >= 4 is 52.4 Å². The normalized spacial score (nSPS) is 12.6. The van der Waals surface area contributed by atoms with Gasteiger partial charge in [-0.15, -0.1) is 0 Å². The molecule has 0 saturated carbocycles. The summed E-state index contributed by atoms with van der Waals surface area (Å²) < 4.78 is 0. The maximum atomic E-state index is 12.0. The average molecular weight is 350 g/mol. The number of para-hydroxylation sites is 1. The number of urea groups is 1. The number of carbonyl (C=O) groups excluding carboxylic acids is 3. The van der Waals surface area contributed by atoms with Crippen LogP contribution in [0.25, 0.3) is 0 Å². The second-order valence-electron chi connectivity index (χ2n) is 4.72. The molecule has 116 valence electrons. The molecule has 0 aromatic heterocycles. The largest absolute Gasteiger partial charge is 0.323 e. The van der Waals surface area contributed by atoms with Gasteiger partial charge in [0.05, 0.1) is 26.9 Å². The molecule has 0 aliphatic carbocycles. The number of anilines is 2. The molecular formula is C15H9Cl2N3O3. The van der Waals surface area contributed by atoms with E-state index in [9.17, 15) is 14.4 Å². The summed E-state index contributed by atoms with van der Waals surface area (Å²) in [4.78, 5) is 35.1. The fourth-order valence-electron chi connectivity index (χ4n) is 2.14. The van der Waals surface area contributed by atoms with Crippen molar-refractivity contribution in [3.05, 3.63) is 57.6 Å². The summed E-state index contributed by atoms with van der Waals surface area (Å²) in [5.74, 6) is -0.952. The summed E-state index contributed by atoms with van der Waals surface area (Å²) in [7, 11) is 0. The molecule has 1 heterocycles. The smallest absolute Gasteiger partial charge is 0.308 e. The lowest BCUT2D eigenvalue weighted by atomic mass is 10.1. The van der Waals surface area contributed by atoms with Crippen molar-refractivity contribution < 1.29 is 14.4 Å². The first-order valence-electron chi connectivity index (χ1n) is 6.47. The minimum Gasteiger partial charge on any atom is -0.308 e. The molecule has 0 atom stereocenters. The highest BCUT2D eigenvalue weighted by molar-refractivity contribution is 6.39. The lowest BCUT2D eigenvalue weighted by molar-refractivity contribution is 0.0879. The van der Waals surface area contributed by atoms with Crippen molar-refractivity contribution in [1.29, 1.82) is 0 Å². The maximum absolute atomic E-state index is 12.0. The molecule has 8 heteroatoms. The number of nitrogens with one attached hydrogen (secondary N) is 3. The summed E-state index contributed by atoms with van der Waals surface area (Å²) >= 11 is 11.9. The molecule has 1 aliphatic heterocycles. The molecule has 0 spiro atoms. The van der Waals surface area contributed by atoms with Gasteiger partial charge >= 0.3 is 6.03 Å². The number of rotatable bonds is 2. The van der Waals surface area contributed by atoms with Crippen LogP contribution >= 0.6 is 23.2 Å². The van der Waals surface area contributed by atoms with E-state index in [0.29, 0.717) is 15.7 Å². The Morgan fingerprint density at radius 1 is 0.913 bits per heavy atom. The standard InChI is InChI=1S/C15H9Cl2N3O3/c16-10-2-1-3-11(17)12(10)19-15(23)18-7-4-5-8-9(6-7)14(22)20-13(8)21/h1-6H,(H2,18,19,23)(H,20,21,22). The van der Waals surface area contributed by atoms with E-state index >= 15 is 0 Å². The summed E-state index contributed by atoms with van der Waals surface area (Å²) in [6, 6.07) is 8.67. The van der Waals surface area contributed by atoms with Crippen LogP contribution in [0.1, 0.15) is 20.7 Å². The second kappa shape index (κ2) is 5.91. The molecule has 4 amide bonds. The zero-order chi connectivity index (χ0) is 16.6. The number of halogens is 2. The molecular weight excluding hydrogens is 341 g/mol. The van der Waals surface area contributed by atoms with Crippen LogP contribution < -0.4 is 16.0 Å². The van der Waals surface area contributed by atoms with E-state index in [1.54, 1.807) is 18.2 Å². The Hall–Kier alpha value is -2.57. The Morgan fingerprint density at radius 3 is 2.26 bits per heavy atom. The summed E-state index contributed by atoms with van der Waals surface area (Å²) in [6.07, 6.45) is 0. The second-order valence-corrected chi connectivity index (χ2v) is 5.53. The zero-order valence-electron chi connectivity index (χ0n) is 11.4. The van der Waals surface area contributed by atoms with Crippen LogP contribution in [0.2, 0.25) is 10.0 Å². The minimum absolute atomic E-state index is 0.212. The Kier molecular flexibility index (Phi) is 3.94. The molecule has 0 saturated heterocycles. The van der Waals surface area contributed by atoms with Crippen molar-refractivity contribution in [2.45, 2.75) is 0 Å². The van der Waals surface area contributed by atoms with Crippen molar-refractivity contribution in [1.82, 2.24) is 5.32 Å². The number of benzene rings is 2. The van der Waals surface area contributed by atoms with Gasteiger partial charge in [0.2, 0.25) is 0 Å². The van der Waals surface area contributed by atoms with Crippen LogP contribution in [0.15, 0.2) is 36.4 Å². The summed E-state index contributed by atoms with van der Waals surface area (Å²) in [6.45, 7) is 0. The summed E-state index contributed by atoms with van der Waals surface area (Å²) in [5.41, 5.74) is 1.12. The Bertz CT molecular complexity index is 832. The van der Waals surface area contributed by atoms with Gasteiger partial charge in [-0.3, -0.25) is 14.9 Å². The van der Waals surface area contributed by atoms with Crippen LogP contribution in [0.5, 0.6) is 0 Å². The zero-order valence-corrected chi connectivity index (χ0v) is 13.0. The third kappa shape index (κ3) is 2.99. The first-order valence-corrected chi connectivity index (χ1v) is 7.23. The Morgan fingerprint density at radius 2 is 1.57 bits per heavy atom. The number of hydrogen-bond acceptors (Lipinski definition) is 3. The molecule has 1 aliphatic rings. The van der Waals surface area contributed by atoms with E-state index in [-0.39, 0.29) is 16.8 Å². The number of fused-ring (bicyclic) bond motifs is 1. The van der Waals surface area contributed by atoms with Crippen LogP contribution in [-0.2, 0) is 0 Å². The lowest BCUT2D eigenvalue weighted by Gasteiger charge is -2.10. The van der Waals surface area contributed by atoms with E-state index in [1.165, 1.54) is 18.2 Å². The molecule has 6 nitrogen and oxygen atoms in total. The highest BCUT2D eigenvalue weighted by atomic mass is 35.5. The first kappa shape index (κ1) is 15.3. The van der Waals surface area contributed by atoms with Gasteiger partial charge in [-0.25, -0.2) is 4.79 Å². The molecule has 23 heavy (non-hydrogen) atoms. The summed E-state index contributed by atoms with van der Waals surface area (Å²) in [5, 5.41) is 7.86. The van der Waals surface area contributed by atoms with Gasteiger partial charge in [-0.2, -0.15) is 0 Å². The highest BCUT2D eigenvalue weighted by Crippen LogP contribution is 2.30. The molecule has 3 rings (SSSR count). The van der Waals surface area contributed by atoms with Crippen molar-refractivity contribution in [2.75, 3.05) is 10.6 Å². The first-order chi connectivity index (χ1) is 11.0. The Labute approximate surface area is 140 Å². The van der Waals surface area contributed by atoms with Crippen molar-refractivity contribution in [2.24, 2.45) is 0 Å². The highest BCUT2D eigenvalue weighted by Gasteiger charge is 2.26. The van der Waals surface area contributed by atoms with E-state index in [0.717, 1.165) is 0 Å². The fourth-order valence-corrected chi connectivity index (χ4v) is 2.63. The SMILES string of the molecule is O=C(Nc1ccc2c(c1)C(=O)NC2=O)Nc1c(Cl)cccc1Cl. The quantitative estimate of drug-likeness (QED) is 0.724. The predicted octanol–water partition coefficient (Wildman–Crippen LogP) is 3.52. The van der Waals surface area contributed by atoms with Gasteiger partial charge in [0.15, 0.2) is 0 Å². The van der Waals surface area contributed by atoms with Gasteiger partial charge in [-0.1, -0.05) is 29.3 Å². The van der Waals surface area contributed by atoms with Gasteiger partial charge < -0.3 is 10.6 Å². The molecule has 3 N–H and O–H groups in total. The molecule has 0 radical (unpaired) electrons. The van der Waals surface area contributed by atoms with Gasteiger partial charge in [0.1, 0.15) is 0 Å². The lowest BCUT2D eigenvalue weighted by Crippen LogP contribution is -2.20. The third-order valence-corrected chi connectivity index (χ3v) is 3.82. The molecule has 2 aromatic carbocycles. The van der Waals surface area contributed by atoms with Crippen LogP contribution in [-0.4, -0.2) is 17.8 Å². The molecule has 0 fully saturated rings. The third-order valence-electron chi connectivity index (χ3n) is 3.20. The minimum atomic E-state index is -0.579. The van der Waals surface area contributed by atoms with E-state index in [2.05, 4.69) is 16.0 Å². The monoisotopic (exact) mass is 349 g/mol. The predicted molar refractivity (Wildman–Crippen MR) is 87.3 cm³/mol. The molecule has 2 aromatic rings. The van der Waals surface area contributed by atoms with Crippen molar-refractivity contribution in [3.63, 3.8) is 0 Å². The van der Waals surface area contributed by atoms with Crippen LogP contribution in [0.3, 0.4) is 0 Å². The van der Waals surface area contributed by atoms with Gasteiger partial charge in [0.25, 0.3) is 11.8 Å². The molecule has 0 unspecified atom stereocenters. The number of imide groups is 1. The van der Waals surface area contributed by atoms with Crippen molar-refractivity contribution in [3.8, 4) is 0 Å². The number of hydrogen-bond donors (Lipinski definition) is 3. The van der Waals surface area contributed by atoms with E-state index in [4.69, 9.17) is 23.2 Å². The molecule has 0 bridgehead atoms. The van der Waals surface area contributed by atoms with E-state index < -0.39 is 17.8 Å².